The van der Waals surface area contributed by atoms with E-state index in [0.29, 0.717) is 37.9 Å². The van der Waals surface area contributed by atoms with E-state index in [1.165, 1.54) is 4.90 Å². The number of urea groups is 1. The van der Waals surface area contributed by atoms with Crippen LogP contribution in [0.15, 0.2) is 30.3 Å². The van der Waals surface area contributed by atoms with E-state index < -0.39 is 30.1 Å². The van der Waals surface area contributed by atoms with Crippen LogP contribution in [0.1, 0.15) is 32.6 Å². The Morgan fingerprint density at radius 3 is 2.72 bits per heavy atom. The Balaban J connectivity index is 1.73. The van der Waals surface area contributed by atoms with Crippen molar-refractivity contribution in [3.63, 3.8) is 0 Å². The summed E-state index contributed by atoms with van der Waals surface area (Å²) >= 11 is 1.72. The predicted octanol–water partition coefficient (Wildman–Crippen LogP) is 1.23. The predicted molar refractivity (Wildman–Crippen MR) is 115 cm³/mol. The zero-order valence-corrected chi connectivity index (χ0v) is 17.5. The zero-order valence-electron chi connectivity index (χ0n) is 16.7. The molecule has 0 bridgehead atoms. The third-order valence-electron chi connectivity index (χ3n) is 4.78. The van der Waals surface area contributed by atoms with E-state index in [-0.39, 0.29) is 5.91 Å². The van der Waals surface area contributed by atoms with E-state index in [2.05, 4.69) is 10.6 Å². The maximum Gasteiger partial charge on any atom is 0.329 e. The number of hydrogen-bond acceptors (Lipinski definition) is 6. The van der Waals surface area contributed by atoms with E-state index >= 15 is 0 Å². The van der Waals surface area contributed by atoms with Crippen LogP contribution in [-0.4, -0.2) is 59.2 Å². The van der Waals surface area contributed by atoms with Crippen LogP contribution in [0.2, 0.25) is 0 Å². The van der Waals surface area contributed by atoms with Crippen LogP contribution in [0.25, 0.3) is 0 Å². The average Bonchev–Trinajstić information content (AvgIpc) is 3.00. The van der Waals surface area contributed by atoms with Crippen LogP contribution in [0.3, 0.4) is 0 Å². The second kappa shape index (κ2) is 11.8. The minimum Gasteiger partial charge on any atom is -0.382 e. The lowest BCUT2D eigenvalue weighted by Gasteiger charge is -2.22. The number of para-hydroxylation sites is 1. The summed E-state index contributed by atoms with van der Waals surface area (Å²) in [5.41, 5.74) is 6.54. The molecule has 1 heterocycles. The summed E-state index contributed by atoms with van der Waals surface area (Å²) in [6, 6.07) is 7.49. The molecular formula is C20H30N4O4S. The molecule has 1 aliphatic rings. The molecule has 1 aromatic rings. The number of carbonyl (C=O) groups is 3. The highest BCUT2D eigenvalue weighted by atomic mass is 32.2. The molecule has 1 saturated heterocycles. The summed E-state index contributed by atoms with van der Waals surface area (Å²) in [5, 5.41) is 15.0. The van der Waals surface area contributed by atoms with E-state index in [0.717, 1.165) is 11.5 Å². The van der Waals surface area contributed by atoms with Crippen molar-refractivity contribution in [1.29, 1.82) is 0 Å². The molecule has 0 aliphatic carbocycles. The van der Waals surface area contributed by atoms with Crippen molar-refractivity contribution in [1.82, 2.24) is 10.6 Å². The lowest BCUT2D eigenvalue weighted by Crippen LogP contribution is -2.46. The van der Waals surface area contributed by atoms with Crippen LogP contribution in [0.4, 0.5) is 10.5 Å². The SMILES string of the molecule is CCSCC[C@@H](N)C(O)C(=O)NCCCC[C@@H]1C(=O)NC(=O)N1c1ccccc1. The van der Waals surface area contributed by atoms with Crippen LogP contribution < -0.4 is 21.3 Å². The van der Waals surface area contributed by atoms with Crippen LogP contribution in [0, 0.1) is 0 Å². The lowest BCUT2D eigenvalue weighted by molar-refractivity contribution is -0.130. The van der Waals surface area contributed by atoms with Gasteiger partial charge in [-0.25, -0.2) is 4.79 Å². The summed E-state index contributed by atoms with van der Waals surface area (Å²) < 4.78 is 0. The van der Waals surface area contributed by atoms with Crippen molar-refractivity contribution >= 4 is 35.3 Å². The molecule has 9 heteroatoms. The second-order valence-corrected chi connectivity index (χ2v) is 8.29. The number of carbonyl (C=O) groups excluding carboxylic acids is 3. The fourth-order valence-electron chi connectivity index (χ4n) is 3.15. The van der Waals surface area contributed by atoms with Gasteiger partial charge in [0, 0.05) is 18.3 Å². The Labute approximate surface area is 175 Å². The number of aliphatic hydroxyl groups is 1. The van der Waals surface area contributed by atoms with E-state index in [1.54, 1.807) is 23.9 Å². The van der Waals surface area contributed by atoms with Gasteiger partial charge in [0.1, 0.15) is 12.1 Å². The number of amides is 4. The number of nitrogens with zero attached hydrogens (tertiary/aromatic N) is 1. The van der Waals surface area contributed by atoms with Crippen LogP contribution in [0.5, 0.6) is 0 Å². The normalized spacial score (nSPS) is 18.4. The number of nitrogens with two attached hydrogens (primary N) is 1. The van der Waals surface area contributed by atoms with Gasteiger partial charge in [-0.2, -0.15) is 11.8 Å². The number of thioether (sulfide) groups is 1. The summed E-state index contributed by atoms with van der Waals surface area (Å²) in [4.78, 5) is 37.7. The zero-order chi connectivity index (χ0) is 21.2. The van der Waals surface area contributed by atoms with Gasteiger partial charge in [0.05, 0.1) is 0 Å². The number of aliphatic hydroxyl groups excluding tert-OH is 1. The number of hydrogen-bond donors (Lipinski definition) is 4. The van der Waals surface area contributed by atoms with Gasteiger partial charge in [0.15, 0.2) is 0 Å². The molecule has 29 heavy (non-hydrogen) atoms. The average molecular weight is 423 g/mol. The monoisotopic (exact) mass is 422 g/mol. The largest absolute Gasteiger partial charge is 0.382 e. The minimum atomic E-state index is -1.22. The smallest absolute Gasteiger partial charge is 0.329 e. The summed E-state index contributed by atoms with van der Waals surface area (Å²) in [5.74, 6) is 0.997. The fraction of sp³-hybridized carbons (Fsp3) is 0.550. The molecule has 1 fully saturated rings. The molecule has 3 atom stereocenters. The molecule has 4 amide bonds. The molecule has 5 N–H and O–H groups in total. The van der Waals surface area contributed by atoms with Gasteiger partial charge in [0.2, 0.25) is 5.91 Å². The molecule has 2 rings (SSSR count). The third-order valence-corrected chi connectivity index (χ3v) is 5.71. The molecule has 0 spiro atoms. The first-order valence-electron chi connectivity index (χ1n) is 9.94. The van der Waals surface area contributed by atoms with Crippen molar-refractivity contribution in [2.24, 2.45) is 5.73 Å². The molecular weight excluding hydrogens is 392 g/mol. The van der Waals surface area contributed by atoms with Crippen molar-refractivity contribution < 1.29 is 19.5 Å². The van der Waals surface area contributed by atoms with E-state index in [9.17, 15) is 19.5 Å². The van der Waals surface area contributed by atoms with Crippen LogP contribution in [-0.2, 0) is 9.59 Å². The van der Waals surface area contributed by atoms with Crippen molar-refractivity contribution in [2.75, 3.05) is 23.0 Å². The molecule has 1 aromatic carbocycles. The first-order valence-corrected chi connectivity index (χ1v) is 11.1. The maximum absolute atomic E-state index is 12.1. The molecule has 1 aliphatic heterocycles. The van der Waals surface area contributed by atoms with Crippen molar-refractivity contribution in [3.8, 4) is 0 Å². The molecule has 160 valence electrons. The van der Waals surface area contributed by atoms with E-state index in [1.807, 2.05) is 25.1 Å². The van der Waals surface area contributed by atoms with Gasteiger partial charge in [-0.15, -0.1) is 0 Å². The standard InChI is InChI=1S/C20H30N4O4S/c1-2-29-13-11-15(21)17(25)19(27)22-12-7-6-10-16-18(26)23-20(28)24(16)14-8-4-3-5-9-14/h3-5,8-9,15-17,25H,2,6-7,10-13,21H2,1H3,(H,22,27)(H,23,26,28)/t15-,16-,17?/m1/s1. The molecule has 0 saturated carbocycles. The Kier molecular flexibility index (Phi) is 9.43. The number of rotatable bonds is 12. The Bertz CT molecular complexity index is 688. The Hall–Kier alpha value is -2.10. The van der Waals surface area contributed by atoms with Crippen molar-refractivity contribution in [2.45, 2.75) is 50.8 Å². The van der Waals surface area contributed by atoms with Crippen molar-refractivity contribution in [3.05, 3.63) is 30.3 Å². The number of benzene rings is 1. The van der Waals surface area contributed by atoms with Gasteiger partial charge in [0.25, 0.3) is 5.91 Å². The van der Waals surface area contributed by atoms with Gasteiger partial charge >= 0.3 is 6.03 Å². The van der Waals surface area contributed by atoms with Gasteiger partial charge in [-0.1, -0.05) is 25.1 Å². The first kappa shape index (κ1) is 23.2. The van der Waals surface area contributed by atoms with E-state index in [4.69, 9.17) is 5.73 Å². The number of unbranched alkanes of at least 4 members (excludes halogenated alkanes) is 1. The summed E-state index contributed by atoms with van der Waals surface area (Å²) in [7, 11) is 0. The highest BCUT2D eigenvalue weighted by molar-refractivity contribution is 7.99. The number of nitrogens with one attached hydrogen (secondary N) is 2. The number of imide groups is 1. The number of anilines is 1. The molecule has 8 nitrogen and oxygen atoms in total. The van der Waals surface area contributed by atoms with Gasteiger partial charge in [-0.3, -0.25) is 19.8 Å². The lowest BCUT2D eigenvalue weighted by atomic mass is 10.1. The van der Waals surface area contributed by atoms with Gasteiger partial charge < -0.3 is 16.2 Å². The highest BCUT2D eigenvalue weighted by Crippen LogP contribution is 2.23. The van der Waals surface area contributed by atoms with Crippen LogP contribution >= 0.6 is 11.8 Å². The van der Waals surface area contributed by atoms with Gasteiger partial charge in [-0.05, 0) is 49.3 Å². The topological polar surface area (TPSA) is 125 Å². The Morgan fingerprint density at radius 2 is 2.03 bits per heavy atom. The Morgan fingerprint density at radius 1 is 1.31 bits per heavy atom. The first-order chi connectivity index (χ1) is 14.0. The highest BCUT2D eigenvalue weighted by Gasteiger charge is 2.38. The third kappa shape index (κ3) is 6.73. The quantitative estimate of drug-likeness (QED) is 0.297. The molecule has 0 aromatic heterocycles. The fourth-order valence-corrected chi connectivity index (χ4v) is 3.88. The molecule has 1 unspecified atom stereocenters. The summed E-state index contributed by atoms with van der Waals surface area (Å²) in [6.07, 6.45) is 1.11. The second-order valence-electron chi connectivity index (χ2n) is 6.90. The minimum absolute atomic E-state index is 0.311. The molecule has 0 radical (unpaired) electrons. The maximum atomic E-state index is 12.1. The summed E-state index contributed by atoms with van der Waals surface area (Å²) in [6.45, 7) is 2.42.